The Balaban J connectivity index is 2.83. The molecular formula is C14H23NO. The number of anilines is 1. The summed E-state index contributed by atoms with van der Waals surface area (Å²) < 4.78 is 0. The number of hydrogen-bond donors (Lipinski definition) is 2. The number of benzene rings is 1. The minimum absolute atomic E-state index is 0.369. The topological polar surface area (TPSA) is 32.3 Å². The number of aromatic hydroxyl groups is 1. The van der Waals surface area contributed by atoms with Crippen molar-refractivity contribution in [3.05, 3.63) is 23.8 Å². The lowest BCUT2D eigenvalue weighted by atomic mass is 10.1. The molecule has 0 heterocycles. The van der Waals surface area contributed by atoms with Gasteiger partial charge in [-0.3, -0.25) is 0 Å². The van der Waals surface area contributed by atoms with Gasteiger partial charge in [-0.1, -0.05) is 38.8 Å². The molecule has 0 aliphatic rings. The van der Waals surface area contributed by atoms with Crippen molar-refractivity contribution in [2.75, 3.05) is 5.32 Å². The lowest BCUT2D eigenvalue weighted by molar-refractivity contribution is 0.475. The molecule has 1 rings (SSSR count). The highest BCUT2D eigenvalue weighted by Crippen LogP contribution is 2.29. The first-order chi connectivity index (χ1) is 7.69. The second-order valence-corrected chi connectivity index (χ2v) is 4.40. The van der Waals surface area contributed by atoms with E-state index >= 15 is 0 Å². The fourth-order valence-corrected chi connectivity index (χ4v) is 1.98. The summed E-state index contributed by atoms with van der Waals surface area (Å²) in [6.45, 7) is 6.49. The third-order valence-electron chi connectivity index (χ3n) is 2.76. The van der Waals surface area contributed by atoms with E-state index in [-0.39, 0.29) is 0 Å². The number of phenolic OH excluding ortho intramolecular Hbond substituents is 1. The summed E-state index contributed by atoms with van der Waals surface area (Å²) in [5, 5.41) is 13.3. The van der Waals surface area contributed by atoms with Gasteiger partial charge in [0.2, 0.25) is 0 Å². The maximum absolute atomic E-state index is 9.87. The fraction of sp³-hybridized carbons (Fsp3) is 0.571. The standard InChI is InChI=1S/C14H23NO/c1-4-7-11(3)15-14-12(8-5-2)9-6-10-13(14)16/h6,9-11,15-16H,4-5,7-8H2,1-3H3. The molecule has 0 saturated carbocycles. The molecule has 90 valence electrons. The first kappa shape index (κ1) is 12.9. The largest absolute Gasteiger partial charge is 0.506 e. The Morgan fingerprint density at radius 3 is 2.62 bits per heavy atom. The first-order valence-electron chi connectivity index (χ1n) is 6.26. The molecule has 2 nitrogen and oxygen atoms in total. The Bertz CT molecular complexity index is 323. The number of nitrogens with one attached hydrogen (secondary N) is 1. The summed E-state index contributed by atoms with van der Waals surface area (Å²) in [7, 11) is 0. The van der Waals surface area contributed by atoms with Gasteiger partial charge >= 0.3 is 0 Å². The average molecular weight is 221 g/mol. The predicted octanol–water partition coefficient (Wildman–Crippen LogP) is 3.95. The molecule has 0 fully saturated rings. The summed E-state index contributed by atoms with van der Waals surface area (Å²) in [6.07, 6.45) is 4.39. The lowest BCUT2D eigenvalue weighted by Crippen LogP contribution is -2.15. The molecule has 2 heteroatoms. The van der Waals surface area contributed by atoms with Gasteiger partial charge in [0, 0.05) is 6.04 Å². The molecule has 1 atom stereocenters. The van der Waals surface area contributed by atoms with Crippen molar-refractivity contribution in [2.45, 2.75) is 52.5 Å². The van der Waals surface area contributed by atoms with E-state index in [2.05, 4.69) is 32.2 Å². The zero-order valence-electron chi connectivity index (χ0n) is 10.6. The van der Waals surface area contributed by atoms with Crippen molar-refractivity contribution in [3.8, 4) is 5.75 Å². The van der Waals surface area contributed by atoms with Gasteiger partial charge in [-0.2, -0.15) is 0 Å². The summed E-state index contributed by atoms with van der Waals surface area (Å²) in [6, 6.07) is 6.16. The Morgan fingerprint density at radius 1 is 1.25 bits per heavy atom. The lowest BCUT2D eigenvalue weighted by Gasteiger charge is -2.18. The molecule has 0 aliphatic heterocycles. The van der Waals surface area contributed by atoms with Crippen LogP contribution in [0.4, 0.5) is 5.69 Å². The molecule has 0 amide bonds. The van der Waals surface area contributed by atoms with Crippen molar-refractivity contribution in [1.82, 2.24) is 0 Å². The molecule has 1 aromatic rings. The van der Waals surface area contributed by atoms with Crippen LogP contribution in [-0.2, 0) is 6.42 Å². The fourth-order valence-electron chi connectivity index (χ4n) is 1.98. The van der Waals surface area contributed by atoms with Crippen molar-refractivity contribution in [3.63, 3.8) is 0 Å². The third kappa shape index (κ3) is 3.44. The van der Waals surface area contributed by atoms with Crippen LogP contribution in [0.3, 0.4) is 0 Å². The van der Waals surface area contributed by atoms with Crippen molar-refractivity contribution >= 4 is 5.69 Å². The van der Waals surface area contributed by atoms with Crippen LogP contribution >= 0.6 is 0 Å². The molecular weight excluding hydrogens is 198 g/mol. The quantitative estimate of drug-likeness (QED) is 0.713. The van der Waals surface area contributed by atoms with Crippen molar-refractivity contribution < 1.29 is 5.11 Å². The molecule has 1 aromatic carbocycles. The number of aryl methyl sites for hydroxylation is 1. The molecule has 2 N–H and O–H groups in total. The van der Waals surface area contributed by atoms with Gasteiger partial charge in [0.15, 0.2) is 0 Å². The SMILES string of the molecule is CCCc1cccc(O)c1NC(C)CCC. The molecule has 16 heavy (non-hydrogen) atoms. The maximum Gasteiger partial charge on any atom is 0.138 e. The highest BCUT2D eigenvalue weighted by atomic mass is 16.3. The Hall–Kier alpha value is -1.18. The monoisotopic (exact) mass is 221 g/mol. The average Bonchev–Trinajstić information content (AvgIpc) is 2.24. The van der Waals surface area contributed by atoms with Crippen LogP contribution in [0.5, 0.6) is 5.75 Å². The van der Waals surface area contributed by atoms with Gasteiger partial charge in [-0.05, 0) is 31.4 Å². The van der Waals surface area contributed by atoms with Crippen LogP contribution in [-0.4, -0.2) is 11.1 Å². The molecule has 0 radical (unpaired) electrons. The van der Waals surface area contributed by atoms with Crippen molar-refractivity contribution in [2.24, 2.45) is 0 Å². The molecule has 0 aromatic heterocycles. The van der Waals surface area contributed by atoms with Crippen molar-refractivity contribution in [1.29, 1.82) is 0 Å². The van der Waals surface area contributed by atoms with E-state index in [9.17, 15) is 5.11 Å². The van der Waals surface area contributed by atoms with Crippen LogP contribution < -0.4 is 5.32 Å². The Kier molecular flexibility index (Phi) is 5.17. The van der Waals surface area contributed by atoms with Crippen LogP contribution in [0.25, 0.3) is 0 Å². The number of rotatable bonds is 6. The molecule has 0 spiro atoms. The highest BCUT2D eigenvalue weighted by molar-refractivity contribution is 5.61. The first-order valence-corrected chi connectivity index (χ1v) is 6.26. The van der Waals surface area contributed by atoms with Gasteiger partial charge in [-0.15, -0.1) is 0 Å². The number of hydrogen-bond acceptors (Lipinski definition) is 2. The van der Waals surface area contributed by atoms with E-state index < -0.39 is 0 Å². The van der Waals surface area contributed by atoms with E-state index in [0.717, 1.165) is 31.4 Å². The van der Waals surface area contributed by atoms with Crippen LogP contribution in [0.15, 0.2) is 18.2 Å². The summed E-state index contributed by atoms with van der Waals surface area (Å²) in [5.41, 5.74) is 2.13. The van der Waals surface area contributed by atoms with Crippen LogP contribution in [0.1, 0.15) is 45.6 Å². The predicted molar refractivity (Wildman–Crippen MR) is 70.1 cm³/mol. The minimum atomic E-state index is 0.369. The van der Waals surface area contributed by atoms with E-state index in [1.54, 1.807) is 6.07 Å². The zero-order valence-corrected chi connectivity index (χ0v) is 10.6. The molecule has 0 aliphatic carbocycles. The second-order valence-electron chi connectivity index (χ2n) is 4.40. The van der Waals surface area contributed by atoms with Crippen LogP contribution in [0, 0.1) is 0 Å². The highest BCUT2D eigenvalue weighted by Gasteiger charge is 2.09. The summed E-state index contributed by atoms with van der Waals surface area (Å²) in [5.74, 6) is 0.369. The molecule has 1 unspecified atom stereocenters. The van der Waals surface area contributed by atoms with Gasteiger partial charge < -0.3 is 10.4 Å². The van der Waals surface area contributed by atoms with Gasteiger partial charge in [0.05, 0.1) is 5.69 Å². The Morgan fingerprint density at radius 2 is 2.00 bits per heavy atom. The van der Waals surface area contributed by atoms with Crippen LogP contribution in [0.2, 0.25) is 0 Å². The van der Waals surface area contributed by atoms with Gasteiger partial charge in [0.1, 0.15) is 5.75 Å². The Labute approximate surface area is 98.7 Å². The number of para-hydroxylation sites is 1. The number of phenols is 1. The molecule has 0 saturated heterocycles. The maximum atomic E-state index is 9.87. The van der Waals surface area contributed by atoms with E-state index in [1.165, 1.54) is 5.56 Å². The van der Waals surface area contributed by atoms with Gasteiger partial charge in [0.25, 0.3) is 0 Å². The second kappa shape index (κ2) is 6.41. The summed E-state index contributed by atoms with van der Waals surface area (Å²) >= 11 is 0. The van der Waals surface area contributed by atoms with Gasteiger partial charge in [-0.25, -0.2) is 0 Å². The zero-order chi connectivity index (χ0) is 12.0. The minimum Gasteiger partial charge on any atom is -0.506 e. The smallest absolute Gasteiger partial charge is 0.138 e. The normalized spacial score (nSPS) is 12.4. The third-order valence-corrected chi connectivity index (χ3v) is 2.76. The summed E-state index contributed by atoms with van der Waals surface area (Å²) in [4.78, 5) is 0. The van der Waals surface area contributed by atoms with E-state index in [1.807, 2.05) is 6.07 Å². The molecule has 0 bridgehead atoms. The van der Waals surface area contributed by atoms with E-state index in [0.29, 0.717) is 11.8 Å². The van der Waals surface area contributed by atoms with E-state index in [4.69, 9.17) is 0 Å².